The maximum Gasteiger partial charge on any atom is 0.283 e. The molecule has 114 valence electrons. The summed E-state index contributed by atoms with van der Waals surface area (Å²) in [7, 11) is 1.38. The first-order valence-electron chi connectivity index (χ1n) is 7.02. The molecular weight excluding hydrogens is 297 g/mol. The second-order valence-electron chi connectivity index (χ2n) is 5.09. The third kappa shape index (κ3) is 1.92. The summed E-state index contributed by atoms with van der Waals surface area (Å²) in [5, 5.41) is 0. The summed E-state index contributed by atoms with van der Waals surface area (Å²) in [6.45, 7) is 0. The Morgan fingerprint density at radius 1 is 1.17 bits per heavy atom. The van der Waals surface area contributed by atoms with Crippen LogP contribution in [0.2, 0.25) is 0 Å². The lowest BCUT2D eigenvalue weighted by molar-refractivity contribution is 0.387. The fourth-order valence-electron chi connectivity index (χ4n) is 2.71. The minimum Gasteiger partial charge on any atom is -0.494 e. The van der Waals surface area contributed by atoms with E-state index >= 15 is 0 Å². The lowest BCUT2D eigenvalue weighted by atomic mass is 10.1. The van der Waals surface area contributed by atoms with Gasteiger partial charge in [0.2, 0.25) is 0 Å². The van der Waals surface area contributed by atoms with Crippen molar-refractivity contribution in [2.24, 2.45) is 0 Å². The van der Waals surface area contributed by atoms with Gasteiger partial charge >= 0.3 is 0 Å². The number of aromatic nitrogens is 3. The van der Waals surface area contributed by atoms with E-state index in [1.807, 2.05) is 24.3 Å². The van der Waals surface area contributed by atoms with Gasteiger partial charge in [-0.15, -0.1) is 0 Å². The molecule has 2 aliphatic heterocycles. The highest BCUT2D eigenvalue weighted by Gasteiger charge is 2.21. The second-order valence-corrected chi connectivity index (χ2v) is 5.09. The molecule has 0 amide bonds. The third-order valence-corrected chi connectivity index (χ3v) is 3.80. The maximum absolute atomic E-state index is 14.5. The van der Waals surface area contributed by atoms with Crippen molar-refractivity contribution in [1.29, 1.82) is 0 Å². The number of rotatable bonds is 2. The molecule has 0 saturated carbocycles. The number of ether oxygens (including phenoxy) is 1. The lowest BCUT2D eigenvalue weighted by Gasteiger charge is -2.05. The van der Waals surface area contributed by atoms with Crippen LogP contribution in [-0.4, -0.2) is 21.6 Å². The molecule has 2 aromatic rings. The van der Waals surface area contributed by atoms with Gasteiger partial charge in [0, 0.05) is 11.8 Å². The predicted octanol–water partition coefficient (Wildman–Crippen LogP) is 2.97. The molecule has 0 bridgehead atoms. The minimum absolute atomic E-state index is 0.0613. The fraction of sp³-hybridized carbons (Fsp3) is 0.0588. The van der Waals surface area contributed by atoms with Gasteiger partial charge in [0.1, 0.15) is 5.69 Å². The van der Waals surface area contributed by atoms with Gasteiger partial charge in [-0.25, -0.2) is 9.37 Å². The average molecular weight is 309 g/mol. The van der Waals surface area contributed by atoms with Crippen LogP contribution in [0.25, 0.3) is 28.1 Å². The number of para-hydroxylation sites is 2. The van der Waals surface area contributed by atoms with Gasteiger partial charge in [-0.05, 0) is 24.3 Å². The smallest absolute Gasteiger partial charge is 0.283 e. The molecule has 5 nitrogen and oxygen atoms in total. The molecule has 0 fully saturated rings. The summed E-state index contributed by atoms with van der Waals surface area (Å²) in [5.74, 6) is -0.0786. The molecule has 2 heterocycles. The van der Waals surface area contributed by atoms with Crippen LogP contribution in [-0.2, 0) is 0 Å². The first-order chi connectivity index (χ1) is 11.2. The van der Waals surface area contributed by atoms with Crippen LogP contribution in [0.1, 0.15) is 0 Å². The van der Waals surface area contributed by atoms with E-state index in [9.17, 15) is 9.18 Å². The Morgan fingerprint density at radius 3 is 2.83 bits per heavy atom. The first-order valence-corrected chi connectivity index (χ1v) is 7.02. The van der Waals surface area contributed by atoms with Crippen LogP contribution < -0.4 is 10.3 Å². The van der Waals surface area contributed by atoms with Gasteiger partial charge in [0.05, 0.1) is 18.1 Å². The first kappa shape index (κ1) is 13.5. The van der Waals surface area contributed by atoms with Crippen LogP contribution in [0.3, 0.4) is 0 Å². The van der Waals surface area contributed by atoms with E-state index in [1.54, 1.807) is 12.3 Å². The number of H-pyrrole nitrogens is 1. The van der Waals surface area contributed by atoms with Crippen LogP contribution >= 0.6 is 0 Å². The SMILES string of the molecule is COc1cccc(-c2nc3c[nH]c4ccccc4n-3c2=O)c1F. The van der Waals surface area contributed by atoms with Crippen molar-refractivity contribution < 1.29 is 9.13 Å². The predicted molar refractivity (Wildman–Crippen MR) is 84.8 cm³/mol. The van der Waals surface area contributed by atoms with E-state index in [0.717, 1.165) is 5.52 Å². The van der Waals surface area contributed by atoms with Crippen molar-refractivity contribution in [3.8, 4) is 22.8 Å². The molecule has 1 N–H and O–H groups in total. The van der Waals surface area contributed by atoms with Crippen LogP contribution in [0.5, 0.6) is 5.75 Å². The van der Waals surface area contributed by atoms with E-state index in [-0.39, 0.29) is 22.6 Å². The van der Waals surface area contributed by atoms with Crippen molar-refractivity contribution in [3.05, 3.63) is 64.8 Å². The molecule has 2 aliphatic rings. The van der Waals surface area contributed by atoms with E-state index < -0.39 is 5.82 Å². The highest BCUT2D eigenvalue weighted by atomic mass is 19.1. The Labute approximate surface area is 130 Å². The van der Waals surface area contributed by atoms with Gasteiger partial charge in [0.15, 0.2) is 17.4 Å². The highest BCUT2D eigenvalue weighted by Crippen LogP contribution is 2.28. The number of aromatic amines is 1. The number of methoxy groups -OCH3 is 1. The molecule has 0 unspecified atom stereocenters. The van der Waals surface area contributed by atoms with Crippen LogP contribution in [0.4, 0.5) is 4.39 Å². The zero-order valence-electron chi connectivity index (χ0n) is 12.2. The zero-order valence-corrected chi connectivity index (χ0v) is 12.2. The molecule has 2 aromatic carbocycles. The molecule has 0 atom stereocenters. The molecular formula is C17H12FN3O2. The molecule has 0 radical (unpaired) electrons. The van der Waals surface area contributed by atoms with Crippen LogP contribution in [0.15, 0.2) is 53.5 Å². The highest BCUT2D eigenvalue weighted by molar-refractivity contribution is 5.78. The maximum atomic E-state index is 14.5. The molecule has 0 aromatic heterocycles. The Balaban J connectivity index is 2.07. The number of fused-ring (bicyclic) bond motifs is 3. The number of hydrogen-bond donors (Lipinski definition) is 1. The molecule has 23 heavy (non-hydrogen) atoms. The molecule has 0 spiro atoms. The Morgan fingerprint density at radius 2 is 2.00 bits per heavy atom. The van der Waals surface area contributed by atoms with Crippen molar-refractivity contribution >= 4 is 11.0 Å². The Hall–Kier alpha value is -3.15. The van der Waals surface area contributed by atoms with Crippen molar-refractivity contribution in [2.75, 3.05) is 7.11 Å². The number of nitrogens with one attached hydrogen (secondary N) is 1. The van der Waals surface area contributed by atoms with E-state index in [2.05, 4.69) is 9.97 Å². The largest absolute Gasteiger partial charge is 0.494 e. The van der Waals surface area contributed by atoms with Crippen LogP contribution in [0, 0.1) is 5.82 Å². The number of nitrogens with zero attached hydrogens (tertiary/aromatic N) is 2. The normalized spacial score (nSPS) is 11.2. The van der Waals surface area contributed by atoms with Gasteiger partial charge in [-0.1, -0.05) is 18.2 Å². The van der Waals surface area contributed by atoms with Gasteiger partial charge < -0.3 is 9.72 Å². The summed E-state index contributed by atoms with van der Waals surface area (Å²) >= 11 is 0. The van der Waals surface area contributed by atoms with Gasteiger partial charge in [0.25, 0.3) is 5.56 Å². The quantitative estimate of drug-likeness (QED) is 0.619. The standard InChI is InChI=1S/C17H12FN3O2/c1-23-13-8-4-5-10(15(13)18)16-17(22)21-12-7-3-2-6-11(12)19-9-14(21)20-16/h2-9,19H,1H3. The van der Waals surface area contributed by atoms with Crippen molar-refractivity contribution in [3.63, 3.8) is 0 Å². The van der Waals surface area contributed by atoms with E-state index in [1.165, 1.54) is 23.8 Å². The summed E-state index contributed by atoms with van der Waals surface area (Å²) in [6.07, 6.45) is 1.63. The Bertz CT molecular complexity index is 1050. The van der Waals surface area contributed by atoms with Gasteiger partial charge in [-0.3, -0.25) is 9.36 Å². The van der Waals surface area contributed by atoms with Crippen molar-refractivity contribution in [1.82, 2.24) is 14.5 Å². The van der Waals surface area contributed by atoms with Crippen molar-refractivity contribution in [2.45, 2.75) is 0 Å². The molecule has 4 rings (SSSR count). The number of benzene rings is 2. The zero-order chi connectivity index (χ0) is 16.0. The summed E-state index contributed by atoms with van der Waals surface area (Å²) in [4.78, 5) is 20.1. The number of halogens is 1. The minimum atomic E-state index is -0.594. The monoisotopic (exact) mass is 309 g/mol. The summed E-state index contributed by atoms with van der Waals surface area (Å²) < 4.78 is 20.9. The topological polar surface area (TPSA) is 59.9 Å². The summed E-state index contributed by atoms with van der Waals surface area (Å²) in [6, 6.07) is 12.0. The van der Waals surface area contributed by atoms with Gasteiger partial charge in [-0.2, -0.15) is 0 Å². The van der Waals surface area contributed by atoms with E-state index in [4.69, 9.17) is 4.74 Å². The number of hydrogen-bond acceptors (Lipinski definition) is 3. The van der Waals surface area contributed by atoms with E-state index in [0.29, 0.717) is 11.3 Å². The fourth-order valence-corrected chi connectivity index (χ4v) is 2.71. The molecule has 6 heteroatoms. The average Bonchev–Trinajstić information content (AvgIpc) is 2.92. The molecule has 0 saturated heterocycles. The Kier molecular flexibility index (Phi) is 2.90. The second kappa shape index (κ2) is 4.95. The summed E-state index contributed by atoms with van der Waals surface area (Å²) in [5.41, 5.74) is 1.31. The number of imidazole rings is 1. The molecule has 0 aliphatic carbocycles. The third-order valence-electron chi connectivity index (χ3n) is 3.80. The lowest BCUT2D eigenvalue weighted by Crippen LogP contribution is -2.15.